The van der Waals surface area contributed by atoms with Crippen molar-refractivity contribution in [3.05, 3.63) is 24.0 Å². The van der Waals surface area contributed by atoms with Crippen LogP contribution in [0, 0.1) is 0 Å². The van der Waals surface area contributed by atoms with Crippen LogP contribution in [0.5, 0.6) is 0 Å². The van der Waals surface area contributed by atoms with Crippen LogP contribution in [-0.4, -0.2) is 18.5 Å². The van der Waals surface area contributed by atoms with E-state index in [9.17, 15) is 9.59 Å². The van der Waals surface area contributed by atoms with Gasteiger partial charge in [0.15, 0.2) is 0 Å². The number of unbranched alkanes of at least 4 members (excludes halogenated alkanes) is 3. The van der Waals surface area contributed by atoms with Gasteiger partial charge in [0, 0.05) is 5.57 Å². The fourth-order valence-electron chi connectivity index (χ4n) is 1.10. The molecule has 0 fully saturated rings. The zero-order valence-corrected chi connectivity index (χ0v) is 11.5. The van der Waals surface area contributed by atoms with Gasteiger partial charge < -0.3 is 9.47 Å². The van der Waals surface area contributed by atoms with Crippen LogP contribution in [0.25, 0.3) is 0 Å². The molecule has 0 aliphatic heterocycles. The summed E-state index contributed by atoms with van der Waals surface area (Å²) in [6.07, 6.45) is 5.30. The van der Waals surface area contributed by atoms with Gasteiger partial charge in [0.1, 0.15) is 6.26 Å². The first kappa shape index (κ1) is 16.4. The molecule has 0 rings (SSSR count). The van der Waals surface area contributed by atoms with Gasteiger partial charge in [0.2, 0.25) is 0 Å². The minimum absolute atomic E-state index is 0.264. The molecule has 0 amide bonds. The van der Waals surface area contributed by atoms with Crippen LogP contribution >= 0.6 is 0 Å². The van der Waals surface area contributed by atoms with Crippen molar-refractivity contribution in [1.82, 2.24) is 0 Å². The average molecular weight is 254 g/mol. The van der Waals surface area contributed by atoms with Crippen LogP contribution < -0.4 is 0 Å². The Morgan fingerprint density at radius 1 is 1.11 bits per heavy atom. The quantitative estimate of drug-likeness (QED) is 0.289. The lowest BCUT2D eigenvalue weighted by molar-refractivity contribution is -0.139. The molecule has 0 saturated carbocycles. The van der Waals surface area contributed by atoms with Gasteiger partial charge in [-0.3, -0.25) is 0 Å². The van der Waals surface area contributed by atoms with E-state index >= 15 is 0 Å². The molecule has 0 aromatic heterocycles. The highest BCUT2D eigenvalue weighted by atomic mass is 16.5. The van der Waals surface area contributed by atoms with E-state index in [1.54, 1.807) is 6.92 Å². The average Bonchev–Trinajstić information content (AvgIpc) is 2.34. The molecular weight excluding hydrogens is 232 g/mol. The van der Waals surface area contributed by atoms with E-state index in [1.807, 2.05) is 0 Å². The summed E-state index contributed by atoms with van der Waals surface area (Å²) in [6, 6.07) is 0. The molecule has 0 aromatic carbocycles. The number of carbonyl (C=O) groups excluding carboxylic acids is 2. The number of rotatable bonds is 8. The van der Waals surface area contributed by atoms with Crippen LogP contribution in [-0.2, 0) is 19.1 Å². The minimum Gasteiger partial charge on any atom is -0.462 e. The van der Waals surface area contributed by atoms with Gasteiger partial charge in [-0.05, 0) is 20.3 Å². The number of esters is 2. The molecule has 0 heterocycles. The Morgan fingerprint density at radius 3 is 2.33 bits per heavy atom. The predicted molar refractivity (Wildman–Crippen MR) is 69.8 cm³/mol. The van der Waals surface area contributed by atoms with Crippen molar-refractivity contribution in [2.75, 3.05) is 6.61 Å². The topological polar surface area (TPSA) is 52.6 Å². The van der Waals surface area contributed by atoms with Crippen molar-refractivity contribution >= 4 is 11.9 Å². The maximum atomic E-state index is 11.5. The van der Waals surface area contributed by atoms with E-state index in [2.05, 4.69) is 13.5 Å². The fraction of sp³-hybridized carbons (Fsp3) is 0.571. The molecule has 4 nitrogen and oxygen atoms in total. The van der Waals surface area contributed by atoms with Crippen LogP contribution in [0.4, 0.5) is 0 Å². The van der Waals surface area contributed by atoms with Gasteiger partial charge >= 0.3 is 11.9 Å². The summed E-state index contributed by atoms with van der Waals surface area (Å²) in [5.41, 5.74) is 0.548. The normalized spacial score (nSPS) is 10.9. The molecular formula is C14H22O4. The van der Waals surface area contributed by atoms with Gasteiger partial charge in [0.25, 0.3) is 0 Å². The summed E-state index contributed by atoms with van der Waals surface area (Å²) in [5, 5.41) is 0. The molecule has 102 valence electrons. The van der Waals surface area contributed by atoms with Crippen molar-refractivity contribution in [2.24, 2.45) is 0 Å². The first-order chi connectivity index (χ1) is 8.49. The summed E-state index contributed by atoms with van der Waals surface area (Å²) in [6.45, 7) is 9.04. The molecule has 0 bridgehead atoms. The van der Waals surface area contributed by atoms with Gasteiger partial charge in [-0.1, -0.05) is 32.8 Å². The number of ether oxygens (including phenoxy) is 2. The third-order valence-corrected chi connectivity index (χ3v) is 2.24. The number of carbonyl (C=O) groups is 2. The highest BCUT2D eigenvalue weighted by Crippen LogP contribution is 2.03. The smallest absolute Gasteiger partial charge is 0.337 e. The second kappa shape index (κ2) is 9.45. The Hall–Kier alpha value is -1.58. The van der Waals surface area contributed by atoms with Crippen molar-refractivity contribution in [3.8, 4) is 0 Å². The minimum atomic E-state index is -0.551. The van der Waals surface area contributed by atoms with Crippen molar-refractivity contribution in [1.29, 1.82) is 0 Å². The Morgan fingerprint density at radius 2 is 1.78 bits per heavy atom. The molecule has 4 heteroatoms. The highest BCUT2D eigenvalue weighted by molar-refractivity contribution is 5.90. The third kappa shape index (κ3) is 7.65. The van der Waals surface area contributed by atoms with E-state index in [1.165, 1.54) is 6.92 Å². The second-order valence-corrected chi connectivity index (χ2v) is 4.18. The standard InChI is InChI=1S/C14H22O4/c1-5-6-7-8-9-17-14(16)12(4)10-18-13(15)11(2)3/h10H,2,5-9H2,1,3-4H3/b12-10+. The van der Waals surface area contributed by atoms with Crippen molar-refractivity contribution < 1.29 is 19.1 Å². The summed E-state index contributed by atoms with van der Waals surface area (Å²) >= 11 is 0. The van der Waals surface area contributed by atoms with Crippen LogP contribution in [0.2, 0.25) is 0 Å². The van der Waals surface area contributed by atoms with E-state index in [-0.39, 0.29) is 11.1 Å². The SMILES string of the molecule is C=C(C)C(=O)O/C=C(\C)C(=O)OCCCCCC. The lowest BCUT2D eigenvalue weighted by Crippen LogP contribution is -2.09. The number of hydrogen-bond acceptors (Lipinski definition) is 4. The fourth-order valence-corrected chi connectivity index (χ4v) is 1.10. The molecule has 0 atom stereocenters. The lowest BCUT2D eigenvalue weighted by Gasteiger charge is -2.04. The van der Waals surface area contributed by atoms with Crippen molar-refractivity contribution in [3.63, 3.8) is 0 Å². The first-order valence-electron chi connectivity index (χ1n) is 6.19. The van der Waals surface area contributed by atoms with Gasteiger partial charge in [-0.25, -0.2) is 9.59 Å². The maximum absolute atomic E-state index is 11.5. The molecule has 0 spiro atoms. The molecule has 0 saturated heterocycles. The lowest BCUT2D eigenvalue weighted by atomic mass is 10.2. The Bertz CT molecular complexity index is 329. The maximum Gasteiger partial charge on any atom is 0.337 e. The molecule has 0 aliphatic rings. The van der Waals surface area contributed by atoms with Crippen LogP contribution in [0.15, 0.2) is 24.0 Å². The summed E-state index contributed by atoms with van der Waals surface area (Å²) in [4.78, 5) is 22.5. The highest BCUT2D eigenvalue weighted by Gasteiger charge is 2.08. The zero-order chi connectivity index (χ0) is 14.0. The third-order valence-electron chi connectivity index (χ3n) is 2.24. The van der Waals surface area contributed by atoms with Crippen molar-refractivity contribution in [2.45, 2.75) is 46.5 Å². The summed E-state index contributed by atoms with van der Waals surface area (Å²) in [5.74, 6) is -1.01. The van der Waals surface area contributed by atoms with Crippen LogP contribution in [0.1, 0.15) is 46.5 Å². The Labute approximate surface area is 109 Å². The molecule has 18 heavy (non-hydrogen) atoms. The van der Waals surface area contributed by atoms with Gasteiger partial charge in [-0.15, -0.1) is 0 Å². The Kier molecular flexibility index (Phi) is 8.62. The molecule has 0 N–H and O–H groups in total. The Balaban J connectivity index is 3.91. The molecule has 0 unspecified atom stereocenters. The largest absolute Gasteiger partial charge is 0.462 e. The monoisotopic (exact) mass is 254 g/mol. The van der Waals surface area contributed by atoms with E-state index in [0.29, 0.717) is 6.61 Å². The molecule has 0 radical (unpaired) electrons. The van der Waals surface area contributed by atoms with E-state index < -0.39 is 11.9 Å². The van der Waals surface area contributed by atoms with E-state index in [0.717, 1.165) is 31.9 Å². The van der Waals surface area contributed by atoms with E-state index in [4.69, 9.17) is 9.47 Å². The summed E-state index contributed by atoms with van der Waals surface area (Å²) < 4.78 is 9.75. The predicted octanol–water partition coefficient (Wildman–Crippen LogP) is 3.13. The summed E-state index contributed by atoms with van der Waals surface area (Å²) in [7, 11) is 0. The second-order valence-electron chi connectivity index (χ2n) is 4.18. The van der Waals surface area contributed by atoms with Crippen LogP contribution in [0.3, 0.4) is 0 Å². The first-order valence-corrected chi connectivity index (χ1v) is 6.19. The zero-order valence-electron chi connectivity index (χ0n) is 11.5. The van der Waals surface area contributed by atoms with Gasteiger partial charge in [0.05, 0.1) is 12.2 Å². The molecule has 0 aliphatic carbocycles. The van der Waals surface area contributed by atoms with Gasteiger partial charge in [-0.2, -0.15) is 0 Å². The number of hydrogen-bond donors (Lipinski definition) is 0. The molecule has 0 aromatic rings.